The van der Waals surface area contributed by atoms with E-state index < -0.39 is 0 Å². The second-order valence-corrected chi connectivity index (χ2v) is 5.03. The van der Waals surface area contributed by atoms with Gasteiger partial charge in [-0.25, -0.2) is 14.8 Å². The van der Waals surface area contributed by atoms with Crippen LogP contribution in [0.1, 0.15) is 24.7 Å². The van der Waals surface area contributed by atoms with E-state index in [1.165, 1.54) is 13.4 Å². The molecule has 1 unspecified atom stereocenters. The fourth-order valence-corrected chi connectivity index (χ4v) is 2.57. The number of hydrogen-bond donors (Lipinski definition) is 1. The number of aryl methyl sites for hydroxylation is 1. The van der Waals surface area contributed by atoms with Crippen molar-refractivity contribution in [2.45, 2.75) is 18.9 Å². The summed E-state index contributed by atoms with van der Waals surface area (Å²) in [6.07, 6.45) is 4.78. The minimum atomic E-state index is -0.216. The van der Waals surface area contributed by atoms with E-state index in [4.69, 9.17) is 4.74 Å². The first-order valence-electron chi connectivity index (χ1n) is 6.96. The van der Waals surface area contributed by atoms with Gasteiger partial charge >= 0.3 is 6.03 Å². The normalized spacial score (nSPS) is 17.5. The van der Waals surface area contributed by atoms with Gasteiger partial charge in [-0.15, -0.1) is 10.2 Å². The number of carbonyl (C=O) groups excluding carboxylic acids is 1. The Kier molecular flexibility index (Phi) is 3.86. The number of hydrogen-bond acceptors (Lipinski definition) is 6. The minimum absolute atomic E-state index is 0.0729. The zero-order chi connectivity index (χ0) is 15.5. The summed E-state index contributed by atoms with van der Waals surface area (Å²) in [5.74, 6) is 1.59. The molecule has 1 fully saturated rings. The molecule has 116 valence electrons. The lowest BCUT2D eigenvalue weighted by Crippen LogP contribution is -2.35. The SMILES string of the molecule is COc1cc(NC(=O)N2CCCC2c2nncn2C)ncn1. The molecular weight excluding hydrogens is 286 g/mol. The van der Waals surface area contributed by atoms with Gasteiger partial charge in [0.1, 0.15) is 18.5 Å². The monoisotopic (exact) mass is 303 g/mol. The van der Waals surface area contributed by atoms with Crippen LogP contribution in [0.15, 0.2) is 18.7 Å². The number of urea groups is 1. The predicted octanol–water partition coefficient (Wildman–Crippen LogP) is 0.983. The molecule has 1 aliphatic rings. The average molecular weight is 303 g/mol. The van der Waals surface area contributed by atoms with Gasteiger partial charge < -0.3 is 14.2 Å². The van der Waals surface area contributed by atoms with E-state index in [9.17, 15) is 4.79 Å². The Hall–Kier alpha value is -2.71. The standard InChI is InChI=1S/C13H17N7O2/c1-19-8-16-18-12(19)9-4-3-5-20(9)13(21)17-10-6-11(22-2)15-7-14-10/h6-9H,3-5H2,1-2H3,(H,14,15,17,21). The number of ether oxygens (including phenoxy) is 1. The van der Waals surface area contributed by atoms with Crippen LogP contribution in [0.5, 0.6) is 5.88 Å². The Bertz CT molecular complexity index is 672. The largest absolute Gasteiger partial charge is 0.481 e. The third-order valence-electron chi connectivity index (χ3n) is 3.64. The van der Waals surface area contributed by atoms with Crippen LogP contribution in [0.25, 0.3) is 0 Å². The molecular formula is C13H17N7O2. The quantitative estimate of drug-likeness (QED) is 0.907. The molecule has 3 heterocycles. The Morgan fingerprint density at radius 3 is 3.05 bits per heavy atom. The molecule has 1 saturated heterocycles. The molecule has 1 aliphatic heterocycles. The van der Waals surface area contributed by atoms with Crippen LogP contribution >= 0.6 is 0 Å². The van der Waals surface area contributed by atoms with Gasteiger partial charge in [0, 0.05) is 19.7 Å². The molecule has 9 heteroatoms. The first kappa shape index (κ1) is 14.2. The van der Waals surface area contributed by atoms with Crippen molar-refractivity contribution < 1.29 is 9.53 Å². The van der Waals surface area contributed by atoms with Gasteiger partial charge in [-0.1, -0.05) is 0 Å². The number of methoxy groups -OCH3 is 1. The summed E-state index contributed by atoms with van der Waals surface area (Å²) in [7, 11) is 3.39. The van der Waals surface area contributed by atoms with E-state index in [-0.39, 0.29) is 12.1 Å². The van der Waals surface area contributed by atoms with Crippen molar-refractivity contribution in [3.8, 4) is 5.88 Å². The van der Waals surface area contributed by atoms with E-state index >= 15 is 0 Å². The summed E-state index contributed by atoms with van der Waals surface area (Å²) >= 11 is 0. The number of nitrogens with one attached hydrogen (secondary N) is 1. The molecule has 0 saturated carbocycles. The lowest BCUT2D eigenvalue weighted by molar-refractivity contribution is 0.204. The second kappa shape index (κ2) is 5.96. The third-order valence-corrected chi connectivity index (χ3v) is 3.64. The Morgan fingerprint density at radius 2 is 2.32 bits per heavy atom. The van der Waals surface area contributed by atoms with Gasteiger partial charge in [0.25, 0.3) is 0 Å². The number of amides is 2. The fraction of sp³-hybridized carbons (Fsp3) is 0.462. The van der Waals surface area contributed by atoms with Crippen molar-refractivity contribution in [2.75, 3.05) is 19.0 Å². The number of aromatic nitrogens is 5. The molecule has 22 heavy (non-hydrogen) atoms. The number of anilines is 1. The van der Waals surface area contributed by atoms with Crippen molar-refractivity contribution in [1.82, 2.24) is 29.6 Å². The molecule has 0 spiro atoms. The molecule has 2 aromatic heterocycles. The van der Waals surface area contributed by atoms with E-state index in [1.54, 1.807) is 17.3 Å². The highest BCUT2D eigenvalue weighted by molar-refractivity contribution is 5.88. The maximum Gasteiger partial charge on any atom is 0.323 e. The Balaban J connectivity index is 1.75. The topological polar surface area (TPSA) is 98.1 Å². The highest BCUT2D eigenvalue weighted by Gasteiger charge is 2.33. The maximum atomic E-state index is 12.5. The van der Waals surface area contributed by atoms with Crippen LogP contribution in [-0.2, 0) is 7.05 Å². The number of likely N-dealkylation sites (tertiary alicyclic amines) is 1. The van der Waals surface area contributed by atoms with Crippen LogP contribution in [0, 0.1) is 0 Å². The van der Waals surface area contributed by atoms with Crippen molar-refractivity contribution in [3.63, 3.8) is 0 Å². The van der Waals surface area contributed by atoms with Crippen molar-refractivity contribution in [2.24, 2.45) is 7.05 Å². The zero-order valence-corrected chi connectivity index (χ0v) is 12.4. The molecule has 0 bridgehead atoms. The van der Waals surface area contributed by atoms with Gasteiger partial charge in [-0.2, -0.15) is 0 Å². The number of carbonyl (C=O) groups is 1. The first-order valence-corrected chi connectivity index (χ1v) is 6.96. The van der Waals surface area contributed by atoms with Gasteiger partial charge in [0.2, 0.25) is 5.88 Å². The van der Waals surface area contributed by atoms with Crippen LogP contribution in [0.3, 0.4) is 0 Å². The summed E-state index contributed by atoms with van der Waals surface area (Å²) in [6, 6.07) is 1.29. The van der Waals surface area contributed by atoms with E-state index in [0.29, 0.717) is 18.2 Å². The Labute approximate surface area is 127 Å². The molecule has 1 atom stereocenters. The highest BCUT2D eigenvalue weighted by atomic mass is 16.5. The summed E-state index contributed by atoms with van der Waals surface area (Å²) in [4.78, 5) is 22.2. The molecule has 2 amide bonds. The smallest absolute Gasteiger partial charge is 0.323 e. The second-order valence-electron chi connectivity index (χ2n) is 5.03. The van der Waals surface area contributed by atoms with Gasteiger partial charge in [0.15, 0.2) is 5.82 Å². The van der Waals surface area contributed by atoms with Gasteiger partial charge in [-0.05, 0) is 12.8 Å². The minimum Gasteiger partial charge on any atom is -0.481 e. The first-order chi connectivity index (χ1) is 10.7. The van der Waals surface area contributed by atoms with E-state index in [0.717, 1.165) is 18.7 Å². The van der Waals surface area contributed by atoms with Crippen LogP contribution in [-0.4, -0.2) is 49.3 Å². The lowest BCUT2D eigenvalue weighted by atomic mass is 10.2. The molecule has 0 aliphatic carbocycles. The summed E-state index contributed by atoms with van der Waals surface area (Å²) in [6.45, 7) is 0.672. The maximum absolute atomic E-state index is 12.5. The summed E-state index contributed by atoms with van der Waals surface area (Å²) in [5, 5.41) is 10.8. The van der Waals surface area contributed by atoms with Crippen molar-refractivity contribution >= 4 is 11.8 Å². The van der Waals surface area contributed by atoms with Crippen molar-refractivity contribution in [3.05, 3.63) is 24.5 Å². The van der Waals surface area contributed by atoms with E-state index in [1.807, 2.05) is 11.6 Å². The molecule has 0 aromatic carbocycles. The van der Waals surface area contributed by atoms with Gasteiger partial charge in [-0.3, -0.25) is 5.32 Å². The number of rotatable bonds is 3. The molecule has 0 radical (unpaired) electrons. The number of nitrogens with zero attached hydrogens (tertiary/aromatic N) is 6. The molecule has 3 rings (SSSR count). The molecule has 2 aromatic rings. The van der Waals surface area contributed by atoms with Crippen LogP contribution in [0.4, 0.5) is 10.6 Å². The van der Waals surface area contributed by atoms with Gasteiger partial charge in [0.05, 0.1) is 13.2 Å². The zero-order valence-electron chi connectivity index (χ0n) is 12.4. The predicted molar refractivity (Wildman–Crippen MR) is 77.3 cm³/mol. The van der Waals surface area contributed by atoms with Crippen molar-refractivity contribution in [1.29, 1.82) is 0 Å². The fourth-order valence-electron chi connectivity index (χ4n) is 2.57. The Morgan fingerprint density at radius 1 is 1.45 bits per heavy atom. The molecule has 9 nitrogen and oxygen atoms in total. The average Bonchev–Trinajstić information content (AvgIpc) is 3.15. The lowest BCUT2D eigenvalue weighted by Gasteiger charge is -2.23. The summed E-state index contributed by atoms with van der Waals surface area (Å²) < 4.78 is 6.86. The molecule has 1 N–H and O–H groups in total. The van der Waals surface area contributed by atoms with E-state index in [2.05, 4.69) is 25.5 Å². The van der Waals surface area contributed by atoms with Crippen LogP contribution in [0.2, 0.25) is 0 Å². The van der Waals surface area contributed by atoms with Crippen LogP contribution < -0.4 is 10.1 Å². The summed E-state index contributed by atoms with van der Waals surface area (Å²) in [5.41, 5.74) is 0. The highest BCUT2D eigenvalue weighted by Crippen LogP contribution is 2.30. The third kappa shape index (κ3) is 2.69.